The highest BCUT2D eigenvalue weighted by Gasteiger charge is 2.26. The number of esters is 1. The minimum Gasteiger partial charge on any atom is -0.469 e. The van der Waals surface area contributed by atoms with Crippen LogP contribution < -0.4 is 5.32 Å². The van der Waals surface area contributed by atoms with E-state index in [0.29, 0.717) is 0 Å². The van der Waals surface area contributed by atoms with Crippen LogP contribution in [0.4, 0.5) is 0 Å². The van der Waals surface area contributed by atoms with E-state index in [1.54, 1.807) is 18.4 Å². The van der Waals surface area contributed by atoms with Gasteiger partial charge >= 0.3 is 5.97 Å². The van der Waals surface area contributed by atoms with Gasteiger partial charge in [0.15, 0.2) is 5.96 Å². The molecule has 2 rings (SSSR count). The number of likely N-dealkylation sites (tertiary alicyclic amines) is 1. The van der Waals surface area contributed by atoms with E-state index in [1.807, 2.05) is 6.20 Å². The van der Waals surface area contributed by atoms with Crippen LogP contribution in [0.5, 0.6) is 0 Å². The zero-order chi connectivity index (χ0) is 15.9. The lowest BCUT2D eigenvalue weighted by atomic mass is 9.97. The number of ether oxygens (including phenoxy) is 1. The monoisotopic (exact) mass is 452 g/mol. The molecule has 1 aromatic heterocycles. The first-order valence-corrected chi connectivity index (χ1v) is 8.40. The number of nitrogens with zero attached hydrogens (tertiary/aromatic N) is 3. The van der Waals surface area contributed by atoms with Gasteiger partial charge in [-0.05, 0) is 19.8 Å². The second kappa shape index (κ2) is 10.1. The van der Waals surface area contributed by atoms with Crippen LogP contribution in [0.2, 0.25) is 0 Å². The van der Waals surface area contributed by atoms with E-state index in [0.717, 1.165) is 49.9 Å². The highest BCUT2D eigenvalue weighted by Crippen LogP contribution is 2.18. The van der Waals surface area contributed by atoms with Crippen LogP contribution in [-0.2, 0) is 16.0 Å². The third kappa shape index (κ3) is 5.91. The van der Waals surface area contributed by atoms with Crippen LogP contribution in [-0.4, -0.2) is 55.6 Å². The average molecular weight is 452 g/mol. The zero-order valence-corrected chi connectivity index (χ0v) is 17.0. The Kier molecular flexibility index (Phi) is 8.82. The Balaban J connectivity index is 0.00000264. The fraction of sp³-hybridized carbons (Fsp3) is 0.667. The first-order chi connectivity index (χ1) is 10.6. The number of carbonyl (C=O) groups is 1. The molecule has 1 fully saturated rings. The lowest BCUT2D eigenvalue weighted by Gasteiger charge is -2.33. The van der Waals surface area contributed by atoms with E-state index in [-0.39, 0.29) is 35.9 Å². The maximum Gasteiger partial charge on any atom is 0.308 e. The largest absolute Gasteiger partial charge is 0.469 e. The third-order valence-electron chi connectivity index (χ3n) is 3.83. The van der Waals surface area contributed by atoms with Crippen molar-refractivity contribution in [2.45, 2.75) is 26.2 Å². The molecule has 0 bridgehead atoms. The molecule has 130 valence electrons. The Morgan fingerprint density at radius 3 is 2.74 bits per heavy atom. The summed E-state index contributed by atoms with van der Waals surface area (Å²) >= 11 is 1.73. The molecule has 1 N–H and O–H groups in total. The number of piperidine rings is 1. The van der Waals surface area contributed by atoms with E-state index >= 15 is 0 Å². The number of thiazole rings is 1. The number of methoxy groups -OCH3 is 1. The molecule has 8 heteroatoms. The number of halogens is 1. The molecule has 0 aliphatic carbocycles. The molecule has 1 aliphatic rings. The molecule has 23 heavy (non-hydrogen) atoms. The summed E-state index contributed by atoms with van der Waals surface area (Å²) in [7, 11) is 3.25. The van der Waals surface area contributed by atoms with Crippen LogP contribution >= 0.6 is 35.3 Å². The van der Waals surface area contributed by atoms with E-state index in [4.69, 9.17) is 4.74 Å². The molecule has 0 aromatic carbocycles. The van der Waals surface area contributed by atoms with Gasteiger partial charge in [-0.15, -0.1) is 35.3 Å². The fourth-order valence-corrected chi connectivity index (χ4v) is 3.41. The predicted octanol–water partition coefficient (Wildman–Crippen LogP) is 2.07. The van der Waals surface area contributed by atoms with Crippen LogP contribution in [0.3, 0.4) is 0 Å². The maximum absolute atomic E-state index is 11.6. The van der Waals surface area contributed by atoms with Crippen molar-refractivity contribution >= 4 is 47.2 Å². The summed E-state index contributed by atoms with van der Waals surface area (Å²) in [4.78, 5) is 23.7. The fourth-order valence-electron chi connectivity index (χ4n) is 2.62. The van der Waals surface area contributed by atoms with E-state index < -0.39 is 0 Å². The Labute approximate surface area is 158 Å². The van der Waals surface area contributed by atoms with Crippen LogP contribution in [0.1, 0.15) is 22.7 Å². The number of nitrogens with one attached hydrogen (secondary N) is 1. The number of rotatable bonds is 4. The number of aromatic nitrogens is 1. The van der Waals surface area contributed by atoms with Gasteiger partial charge in [-0.3, -0.25) is 9.79 Å². The van der Waals surface area contributed by atoms with E-state index in [1.165, 1.54) is 12.0 Å². The minimum absolute atomic E-state index is 0. The van der Waals surface area contributed by atoms with E-state index in [2.05, 4.69) is 27.1 Å². The van der Waals surface area contributed by atoms with Crippen molar-refractivity contribution in [2.24, 2.45) is 10.9 Å². The van der Waals surface area contributed by atoms with Gasteiger partial charge in [0.2, 0.25) is 0 Å². The van der Waals surface area contributed by atoms with Gasteiger partial charge in [-0.1, -0.05) is 0 Å². The van der Waals surface area contributed by atoms with Crippen LogP contribution in [0, 0.1) is 12.8 Å². The van der Waals surface area contributed by atoms with Gasteiger partial charge in [0.25, 0.3) is 0 Å². The summed E-state index contributed by atoms with van der Waals surface area (Å²) in [6, 6.07) is 0. The first-order valence-electron chi connectivity index (χ1n) is 7.58. The topological polar surface area (TPSA) is 66.8 Å². The van der Waals surface area contributed by atoms with Crippen LogP contribution in [0.15, 0.2) is 11.2 Å². The maximum atomic E-state index is 11.6. The first kappa shape index (κ1) is 20.1. The SMILES string of the molecule is CN=C(NCCc1ncc(C)s1)N1CCC(C(=O)OC)CC1.I. The number of hydrogen-bond acceptors (Lipinski definition) is 5. The standard InChI is InChI=1S/C15H24N4O2S.HI/c1-11-10-18-13(22-11)4-7-17-15(16-2)19-8-5-12(6-9-19)14(20)21-3;/h10,12H,4-9H2,1-3H3,(H,16,17);1H. The molecule has 0 amide bonds. The minimum atomic E-state index is -0.0956. The molecule has 6 nitrogen and oxygen atoms in total. The lowest BCUT2D eigenvalue weighted by Crippen LogP contribution is -2.47. The zero-order valence-electron chi connectivity index (χ0n) is 13.9. The van der Waals surface area contributed by atoms with Crippen molar-refractivity contribution in [3.63, 3.8) is 0 Å². The molecule has 0 atom stereocenters. The number of aryl methyl sites for hydroxylation is 1. The van der Waals surface area contributed by atoms with Crippen molar-refractivity contribution in [1.29, 1.82) is 0 Å². The molecular weight excluding hydrogens is 427 g/mol. The van der Waals surface area contributed by atoms with Crippen molar-refractivity contribution < 1.29 is 9.53 Å². The smallest absolute Gasteiger partial charge is 0.308 e. The van der Waals surface area contributed by atoms with Crippen molar-refractivity contribution in [2.75, 3.05) is 33.8 Å². The predicted molar refractivity (Wildman–Crippen MR) is 104 cm³/mol. The summed E-state index contributed by atoms with van der Waals surface area (Å²) in [5.74, 6) is 0.830. The van der Waals surface area contributed by atoms with Crippen LogP contribution in [0.25, 0.3) is 0 Å². The summed E-state index contributed by atoms with van der Waals surface area (Å²) in [5.41, 5.74) is 0. The summed E-state index contributed by atoms with van der Waals surface area (Å²) < 4.78 is 4.82. The normalized spacial score (nSPS) is 16.0. The van der Waals surface area contributed by atoms with Gasteiger partial charge in [0.05, 0.1) is 18.0 Å². The Hall–Kier alpha value is -0.900. The number of carbonyl (C=O) groups excluding carboxylic acids is 1. The van der Waals surface area contributed by atoms with Gasteiger partial charge in [-0.2, -0.15) is 0 Å². The lowest BCUT2D eigenvalue weighted by molar-refractivity contribution is -0.146. The second-order valence-corrected chi connectivity index (χ2v) is 6.69. The van der Waals surface area contributed by atoms with Gasteiger partial charge in [0.1, 0.15) is 0 Å². The Bertz CT molecular complexity index is 527. The number of guanidine groups is 1. The molecule has 0 spiro atoms. The molecule has 1 aromatic rings. The molecule has 1 saturated heterocycles. The highest BCUT2D eigenvalue weighted by molar-refractivity contribution is 14.0. The molecule has 1 aliphatic heterocycles. The highest BCUT2D eigenvalue weighted by atomic mass is 127. The van der Waals surface area contributed by atoms with Gasteiger partial charge in [0, 0.05) is 44.2 Å². The van der Waals surface area contributed by atoms with Crippen molar-refractivity contribution in [3.8, 4) is 0 Å². The summed E-state index contributed by atoms with van der Waals surface area (Å²) in [5, 5.41) is 4.52. The quantitative estimate of drug-likeness (QED) is 0.328. The second-order valence-electron chi connectivity index (χ2n) is 5.37. The summed E-state index contributed by atoms with van der Waals surface area (Å²) in [6.45, 7) is 4.54. The van der Waals surface area contributed by atoms with Gasteiger partial charge in [-0.25, -0.2) is 4.98 Å². The number of aliphatic imine (C=N–C) groups is 1. The van der Waals surface area contributed by atoms with Gasteiger partial charge < -0.3 is 15.0 Å². The Morgan fingerprint density at radius 1 is 1.52 bits per heavy atom. The molecular formula is C15H25IN4O2S. The molecule has 0 radical (unpaired) electrons. The molecule has 2 heterocycles. The molecule has 0 unspecified atom stereocenters. The van der Waals surface area contributed by atoms with Crippen molar-refractivity contribution in [1.82, 2.24) is 15.2 Å². The molecule has 0 saturated carbocycles. The summed E-state index contributed by atoms with van der Waals surface area (Å²) in [6.07, 6.45) is 4.45. The van der Waals surface area contributed by atoms with E-state index in [9.17, 15) is 4.79 Å². The third-order valence-corrected chi connectivity index (χ3v) is 4.80. The van der Waals surface area contributed by atoms with Crippen molar-refractivity contribution in [3.05, 3.63) is 16.1 Å². The number of hydrogen-bond donors (Lipinski definition) is 1. The average Bonchev–Trinajstić information content (AvgIpc) is 2.96. The Morgan fingerprint density at radius 2 is 2.22 bits per heavy atom.